The van der Waals surface area contributed by atoms with Gasteiger partial charge in [0.15, 0.2) is 12.6 Å². The number of aliphatic hydroxyl groups is 8. The van der Waals surface area contributed by atoms with Crippen molar-refractivity contribution >= 4 is 5.91 Å². The zero-order valence-corrected chi connectivity index (χ0v) is 63.4. The Morgan fingerprint density at radius 3 is 1.06 bits per heavy atom. The molecule has 0 spiro atoms. The van der Waals surface area contributed by atoms with E-state index >= 15 is 0 Å². The molecule has 2 fully saturated rings. The maximum Gasteiger partial charge on any atom is 0.220 e. The molecule has 0 saturated carbocycles. The van der Waals surface area contributed by atoms with Crippen LogP contribution >= 0.6 is 0 Å². The smallest absolute Gasteiger partial charge is 0.220 e. The first-order chi connectivity index (χ1) is 49.1. The predicted molar refractivity (Wildman–Crippen MR) is 415 cm³/mol. The summed E-state index contributed by atoms with van der Waals surface area (Å²) in [7, 11) is 0. The van der Waals surface area contributed by atoms with Gasteiger partial charge in [0.1, 0.15) is 48.8 Å². The molecule has 14 heteroatoms. The topological polar surface area (TPSA) is 228 Å². The maximum absolute atomic E-state index is 13.4. The predicted octanol–water partition coefficient (Wildman–Crippen LogP) is 19.0. The molecule has 0 bridgehead atoms. The van der Waals surface area contributed by atoms with E-state index in [1.165, 1.54) is 218 Å². The Kier molecular flexibility index (Phi) is 63.7. The van der Waals surface area contributed by atoms with E-state index < -0.39 is 86.8 Å². The molecule has 2 aliphatic rings. The molecule has 2 saturated heterocycles. The van der Waals surface area contributed by atoms with Crippen molar-refractivity contribution in [3.8, 4) is 0 Å². The first-order valence-electron chi connectivity index (χ1n) is 41.1. The highest BCUT2D eigenvalue weighted by atomic mass is 16.7. The van der Waals surface area contributed by atoms with Gasteiger partial charge in [-0.2, -0.15) is 0 Å². The van der Waals surface area contributed by atoms with Crippen molar-refractivity contribution in [1.82, 2.24) is 5.32 Å². The van der Waals surface area contributed by atoms with Gasteiger partial charge in [-0.05, 0) is 83.5 Å². The van der Waals surface area contributed by atoms with Crippen LogP contribution in [0, 0.1) is 0 Å². The number of rotatable bonds is 68. The van der Waals surface area contributed by atoms with Crippen molar-refractivity contribution in [2.75, 3.05) is 19.8 Å². The normalized spacial score (nSPS) is 22.4. The van der Waals surface area contributed by atoms with Gasteiger partial charge in [0.05, 0.1) is 32.0 Å². The second kappa shape index (κ2) is 68.7. The number of carbonyl (C=O) groups excluding carboxylic acids is 1. The van der Waals surface area contributed by atoms with Crippen LogP contribution in [0.3, 0.4) is 0 Å². The fourth-order valence-electron chi connectivity index (χ4n) is 13.0. The van der Waals surface area contributed by atoms with Crippen molar-refractivity contribution < 1.29 is 64.6 Å². The summed E-state index contributed by atoms with van der Waals surface area (Å²) >= 11 is 0. The number of aliphatic hydroxyl groups excluding tert-OH is 8. The van der Waals surface area contributed by atoms with Crippen LogP contribution in [0.1, 0.15) is 335 Å². The summed E-state index contributed by atoms with van der Waals surface area (Å²) in [4.78, 5) is 13.4. The number of amides is 1. The average Bonchev–Trinajstić information content (AvgIpc) is 0.796. The van der Waals surface area contributed by atoms with E-state index in [0.29, 0.717) is 6.42 Å². The third-order valence-electron chi connectivity index (χ3n) is 19.5. The minimum absolute atomic E-state index is 0.239. The van der Waals surface area contributed by atoms with Crippen molar-refractivity contribution in [2.45, 2.75) is 408 Å². The Bertz CT molecular complexity index is 2100. The highest BCUT2D eigenvalue weighted by Gasteiger charge is 2.51. The van der Waals surface area contributed by atoms with Gasteiger partial charge in [-0.1, -0.05) is 354 Å². The van der Waals surface area contributed by atoms with Gasteiger partial charge in [0, 0.05) is 6.42 Å². The van der Waals surface area contributed by atoms with Gasteiger partial charge in [-0.25, -0.2) is 0 Å². The van der Waals surface area contributed by atoms with E-state index in [1.54, 1.807) is 6.08 Å². The van der Waals surface area contributed by atoms with E-state index in [4.69, 9.17) is 18.9 Å². The largest absolute Gasteiger partial charge is 0.394 e. The van der Waals surface area contributed by atoms with Crippen LogP contribution < -0.4 is 5.32 Å². The molecule has 2 aliphatic heterocycles. The Hall–Kier alpha value is -3.35. The summed E-state index contributed by atoms with van der Waals surface area (Å²) in [5.41, 5.74) is 0. The molecule has 0 aliphatic carbocycles. The monoisotopic (exact) mass is 1410 g/mol. The van der Waals surface area contributed by atoms with Crippen LogP contribution in [0.5, 0.6) is 0 Å². The zero-order valence-electron chi connectivity index (χ0n) is 63.4. The summed E-state index contributed by atoms with van der Waals surface area (Å²) in [6.07, 6.45) is 83.0. The van der Waals surface area contributed by atoms with Crippen LogP contribution in [-0.2, 0) is 23.7 Å². The average molecular weight is 1410 g/mol. The van der Waals surface area contributed by atoms with Crippen molar-refractivity contribution in [1.29, 1.82) is 0 Å². The van der Waals surface area contributed by atoms with Crippen LogP contribution in [0.15, 0.2) is 109 Å². The standard InChI is InChI=1S/C86H151NO13/c1-3-5-7-9-11-13-15-17-19-21-23-25-27-29-31-32-33-34-35-36-37-38-39-40-41-42-44-46-48-50-52-54-56-58-60-62-64-66-68-70-78(91)87-74(73-97-85-83(96)81(94)84(77(72-89)99-85)100-86-82(95)80(93)79(92)76(71-88)98-86)75(90)69-67-65-63-61-59-57-55-53-51-49-47-45-43-30-28-26-24-22-20-18-16-14-12-10-8-6-4-2/h5,7,11,13,17,19,23,25,29,31,33-34,36-37,39-40,67,69,74-77,79-86,88-90,92-96H,3-4,6,8-10,12,14-16,18,20-22,24,26-28,30,32,35,38,41-66,68,70-73H2,1-2H3,(H,87,91)/b7-5-,13-11-,19-17-,25-23-,31-29-,34-33-,37-36-,40-39-,69-67+. The molecule has 0 aromatic rings. The molecule has 14 nitrogen and oxygen atoms in total. The van der Waals surface area contributed by atoms with E-state index in [2.05, 4.69) is 116 Å². The molecule has 578 valence electrons. The molecular formula is C86H151NO13. The Morgan fingerprint density at radius 1 is 0.370 bits per heavy atom. The van der Waals surface area contributed by atoms with Gasteiger partial charge in [0.25, 0.3) is 0 Å². The van der Waals surface area contributed by atoms with Crippen LogP contribution in [0.25, 0.3) is 0 Å². The van der Waals surface area contributed by atoms with Gasteiger partial charge in [0.2, 0.25) is 5.91 Å². The lowest BCUT2D eigenvalue weighted by atomic mass is 9.97. The third kappa shape index (κ3) is 50.9. The highest BCUT2D eigenvalue weighted by molar-refractivity contribution is 5.76. The molecule has 2 rings (SSSR count). The lowest BCUT2D eigenvalue weighted by Crippen LogP contribution is -2.65. The van der Waals surface area contributed by atoms with Crippen LogP contribution in [0.4, 0.5) is 0 Å². The molecular weight excluding hydrogens is 1250 g/mol. The van der Waals surface area contributed by atoms with Crippen molar-refractivity contribution in [3.05, 3.63) is 109 Å². The fourth-order valence-corrected chi connectivity index (χ4v) is 13.0. The van der Waals surface area contributed by atoms with Crippen molar-refractivity contribution in [2.24, 2.45) is 0 Å². The number of unbranched alkanes of at least 4 members (excludes halogenated alkanes) is 39. The molecule has 1 amide bonds. The summed E-state index contributed by atoms with van der Waals surface area (Å²) < 4.78 is 22.9. The molecule has 12 unspecified atom stereocenters. The Morgan fingerprint density at radius 2 is 0.690 bits per heavy atom. The molecule has 2 heterocycles. The number of hydrogen-bond acceptors (Lipinski definition) is 13. The van der Waals surface area contributed by atoms with Gasteiger partial charge in [-0.3, -0.25) is 4.79 Å². The van der Waals surface area contributed by atoms with Crippen LogP contribution in [0.2, 0.25) is 0 Å². The Labute approximate surface area is 610 Å². The van der Waals surface area contributed by atoms with E-state index in [1.807, 2.05) is 6.08 Å². The summed E-state index contributed by atoms with van der Waals surface area (Å²) in [6, 6.07) is -0.923. The number of nitrogens with one attached hydrogen (secondary N) is 1. The molecule has 9 N–H and O–H groups in total. The van der Waals surface area contributed by atoms with E-state index in [-0.39, 0.29) is 18.9 Å². The number of ether oxygens (including phenoxy) is 4. The Balaban J connectivity index is 1.61. The second-order valence-corrected chi connectivity index (χ2v) is 28.5. The summed E-state index contributed by atoms with van der Waals surface area (Å²) in [5.74, 6) is -0.239. The fraction of sp³-hybridized carbons (Fsp3) is 0.779. The number of hydrogen-bond donors (Lipinski definition) is 9. The van der Waals surface area contributed by atoms with Crippen molar-refractivity contribution in [3.63, 3.8) is 0 Å². The zero-order chi connectivity index (χ0) is 72.2. The minimum atomic E-state index is -1.79. The minimum Gasteiger partial charge on any atom is -0.394 e. The second-order valence-electron chi connectivity index (χ2n) is 28.5. The summed E-state index contributed by atoms with van der Waals surface area (Å²) in [6.45, 7) is 2.73. The van der Waals surface area contributed by atoms with E-state index in [9.17, 15) is 45.6 Å². The van der Waals surface area contributed by atoms with Gasteiger partial charge >= 0.3 is 0 Å². The summed E-state index contributed by atoms with van der Waals surface area (Å²) in [5, 5.41) is 87.7. The molecule has 12 atom stereocenters. The molecule has 0 aromatic carbocycles. The van der Waals surface area contributed by atoms with Gasteiger partial charge in [-0.15, -0.1) is 0 Å². The maximum atomic E-state index is 13.4. The van der Waals surface area contributed by atoms with Crippen LogP contribution in [-0.4, -0.2) is 140 Å². The number of allylic oxidation sites excluding steroid dienone is 17. The quantitative estimate of drug-likeness (QED) is 0.0204. The highest BCUT2D eigenvalue weighted by Crippen LogP contribution is 2.30. The first-order valence-corrected chi connectivity index (χ1v) is 41.1. The number of carbonyl (C=O) groups is 1. The first kappa shape index (κ1) is 92.7. The van der Waals surface area contributed by atoms with E-state index in [0.717, 1.165) is 89.9 Å². The van der Waals surface area contributed by atoms with Gasteiger partial charge < -0.3 is 65.1 Å². The SMILES string of the molecule is CC/C=C\C/C=C\C/C=C\C/C=C\C/C=C\C/C=C\C/C=C\C/C=C\CCCCCCCCCCCCCCCCC(=O)NC(COC1OC(CO)C(OC2OC(CO)C(O)C(O)C2O)C(O)C1O)C(O)/C=C/CCCCCCCCCCCCCCCCCCCCCCCCCCC. The lowest BCUT2D eigenvalue weighted by Gasteiger charge is -2.46. The lowest BCUT2D eigenvalue weighted by molar-refractivity contribution is -0.359. The third-order valence-corrected chi connectivity index (χ3v) is 19.5. The molecule has 0 aromatic heterocycles. The molecule has 0 radical (unpaired) electrons. The molecule has 100 heavy (non-hydrogen) atoms.